The van der Waals surface area contributed by atoms with Crippen LogP contribution in [0.4, 0.5) is 4.39 Å². The molecule has 0 aliphatic heterocycles. The lowest BCUT2D eigenvalue weighted by Crippen LogP contribution is -1.96. The molecule has 0 bridgehead atoms. The number of halogens is 1. The van der Waals surface area contributed by atoms with Crippen molar-refractivity contribution in [2.75, 3.05) is 6.26 Å². The minimum atomic E-state index is -3.22. The fourth-order valence-corrected chi connectivity index (χ4v) is 2.05. The molecule has 0 saturated carbocycles. The first-order valence-electron chi connectivity index (χ1n) is 4.94. The van der Waals surface area contributed by atoms with Gasteiger partial charge in [-0.05, 0) is 35.4 Å². The van der Waals surface area contributed by atoms with Gasteiger partial charge < -0.3 is 0 Å². The smallest absolute Gasteiger partial charge is 0.176 e. The van der Waals surface area contributed by atoms with Gasteiger partial charge in [0.15, 0.2) is 9.84 Å². The molecule has 0 amide bonds. The fraction of sp³-hybridized carbons (Fsp3) is 0.0769. The van der Waals surface area contributed by atoms with Crippen LogP contribution in [0.2, 0.25) is 0 Å². The van der Waals surface area contributed by atoms with Crippen molar-refractivity contribution in [2.45, 2.75) is 4.90 Å². The van der Waals surface area contributed by atoms with Gasteiger partial charge in [0.2, 0.25) is 0 Å². The molecule has 0 N–H and O–H groups in total. The van der Waals surface area contributed by atoms with Gasteiger partial charge in [0.05, 0.1) is 4.90 Å². The van der Waals surface area contributed by atoms with Gasteiger partial charge in [-0.15, -0.1) is 0 Å². The van der Waals surface area contributed by atoms with E-state index in [0.717, 1.165) is 17.4 Å². The molecule has 2 aromatic rings. The normalized spacial score (nSPS) is 11.4. The Balaban J connectivity index is 2.39. The quantitative estimate of drug-likeness (QED) is 0.820. The Hall–Kier alpha value is -1.68. The Morgan fingerprint density at radius 2 is 1.59 bits per heavy atom. The molecule has 0 fully saturated rings. The number of hydrogen-bond acceptors (Lipinski definition) is 2. The lowest BCUT2D eigenvalue weighted by molar-refractivity contribution is 0.601. The predicted molar refractivity (Wildman–Crippen MR) is 63.8 cm³/mol. The lowest BCUT2D eigenvalue weighted by Gasteiger charge is -2.02. The van der Waals surface area contributed by atoms with Crippen molar-refractivity contribution in [3.05, 3.63) is 54.3 Å². The maximum Gasteiger partial charge on any atom is 0.176 e. The van der Waals surface area contributed by atoms with Crippen LogP contribution in [0.3, 0.4) is 0 Å². The Morgan fingerprint density at radius 1 is 1.00 bits per heavy atom. The molecule has 0 spiro atoms. The maximum absolute atomic E-state index is 12.7. The molecule has 0 aliphatic carbocycles. The summed E-state index contributed by atoms with van der Waals surface area (Å²) >= 11 is 0. The predicted octanol–water partition coefficient (Wildman–Crippen LogP) is 2.70. The van der Waals surface area contributed by atoms with Gasteiger partial charge in [0.25, 0.3) is 0 Å². The van der Waals surface area contributed by atoms with E-state index in [1.165, 1.54) is 18.2 Å². The monoisotopic (exact) mass is 249 g/mol. The van der Waals surface area contributed by atoms with Gasteiger partial charge in [-0.1, -0.05) is 18.2 Å². The minimum Gasteiger partial charge on any atom is -0.224 e. The minimum absolute atomic E-state index is 0.156. The Morgan fingerprint density at radius 3 is 2.06 bits per heavy atom. The van der Waals surface area contributed by atoms with Crippen LogP contribution in [-0.2, 0) is 9.84 Å². The van der Waals surface area contributed by atoms with Gasteiger partial charge in [-0.3, -0.25) is 0 Å². The summed E-state index contributed by atoms with van der Waals surface area (Å²) in [6.45, 7) is 0. The van der Waals surface area contributed by atoms with Crippen LogP contribution in [0, 0.1) is 11.9 Å². The summed E-state index contributed by atoms with van der Waals surface area (Å²) in [5.41, 5.74) is 1.63. The Kier molecular flexibility index (Phi) is 2.98. The van der Waals surface area contributed by atoms with E-state index in [0.29, 0.717) is 0 Å². The van der Waals surface area contributed by atoms with Crippen molar-refractivity contribution in [1.82, 2.24) is 0 Å². The van der Waals surface area contributed by atoms with E-state index in [9.17, 15) is 12.8 Å². The fourth-order valence-electron chi connectivity index (χ4n) is 1.46. The van der Waals surface area contributed by atoms with Crippen molar-refractivity contribution < 1.29 is 12.8 Å². The summed E-state index contributed by atoms with van der Waals surface area (Å²) in [6, 6.07) is 13.5. The molecule has 2 nitrogen and oxygen atoms in total. The number of benzene rings is 2. The molecule has 4 heteroatoms. The molecule has 1 radical (unpaired) electrons. The number of sulfone groups is 1. The third-order valence-corrected chi connectivity index (χ3v) is 3.41. The van der Waals surface area contributed by atoms with Crippen molar-refractivity contribution in [2.24, 2.45) is 0 Å². The highest BCUT2D eigenvalue weighted by atomic mass is 32.2. The van der Waals surface area contributed by atoms with E-state index in [4.69, 9.17) is 0 Å². The first-order valence-corrected chi connectivity index (χ1v) is 6.84. The standard InChI is InChI=1S/C13H10FO2S/c1-17(15,16)13-8-4-11(5-9-13)10-2-6-12(14)7-3-10/h2-8H,1H3. The van der Waals surface area contributed by atoms with Gasteiger partial charge in [0, 0.05) is 12.3 Å². The molecular weight excluding hydrogens is 239 g/mol. The molecule has 0 unspecified atom stereocenters. The average molecular weight is 249 g/mol. The summed E-state index contributed by atoms with van der Waals surface area (Å²) in [5, 5.41) is 0. The third-order valence-electron chi connectivity index (χ3n) is 2.36. The zero-order valence-electron chi connectivity index (χ0n) is 9.14. The lowest BCUT2D eigenvalue weighted by atomic mass is 10.1. The van der Waals surface area contributed by atoms with Crippen LogP contribution in [-0.4, -0.2) is 14.7 Å². The van der Waals surface area contributed by atoms with E-state index >= 15 is 0 Å². The van der Waals surface area contributed by atoms with Crippen LogP contribution in [0.25, 0.3) is 11.1 Å². The van der Waals surface area contributed by atoms with Gasteiger partial charge in [-0.25, -0.2) is 12.8 Å². The summed E-state index contributed by atoms with van der Waals surface area (Å²) in [4.78, 5) is 0.156. The van der Waals surface area contributed by atoms with Gasteiger partial charge in [-0.2, -0.15) is 0 Å². The average Bonchev–Trinajstić information content (AvgIpc) is 2.29. The zero-order chi connectivity index (χ0) is 12.5. The molecule has 17 heavy (non-hydrogen) atoms. The van der Waals surface area contributed by atoms with Gasteiger partial charge >= 0.3 is 0 Å². The number of hydrogen-bond donors (Lipinski definition) is 0. The zero-order valence-corrected chi connectivity index (χ0v) is 9.96. The summed E-state index contributed by atoms with van der Waals surface area (Å²) in [7, 11) is -3.22. The summed E-state index contributed by atoms with van der Waals surface area (Å²) < 4.78 is 35.2. The molecular formula is C13H10FO2S. The number of rotatable bonds is 2. The first-order chi connectivity index (χ1) is 7.97. The summed E-state index contributed by atoms with van der Waals surface area (Å²) in [6.07, 6.45) is 1.14. The topological polar surface area (TPSA) is 34.1 Å². The highest BCUT2D eigenvalue weighted by Crippen LogP contribution is 2.21. The van der Waals surface area contributed by atoms with Crippen molar-refractivity contribution >= 4 is 9.84 Å². The van der Waals surface area contributed by atoms with E-state index in [2.05, 4.69) is 6.07 Å². The Labute approximate surface area is 99.6 Å². The second-order valence-electron chi connectivity index (χ2n) is 3.72. The largest absolute Gasteiger partial charge is 0.224 e. The molecule has 0 aliphatic rings. The van der Waals surface area contributed by atoms with Crippen LogP contribution in [0.1, 0.15) is 0 Å². The molecule has 2 rings (SSSR count). The molecule has 87 valence electrons. The molecule has 0 saturated heterocycles. The maximum atomic E-state index is 12.7. The van der Waals surface area contributed by atoms with Crippen LogP contribution in [0.5, 0.6) is 0 Å². The van der Waals surface area contributed by atoms with Crippen LogP contribution >= 0.6 is 0 Å². The highest BCUT2D eigenvalue weighted by Gasteiger charge is 2.07. The van der Waals surface area contributed by atoms with Gasteiger partial charge in [0.1, 0.15) is 5.82 Å². The van der Waals surface area contributed by atoms with E-state index < -0.39 is 9.84 Å². The first kappa shape index (κ1) is 11.8. The second-order valence-corrected chi connectivity index (χ2v) is 5.70. The van der Waals surface area contributed by atoms with Crippen molar-refractivity contribution in [1.29, 1.82) is 0 Å². The SMILES string of the molecule is CS(=O)(=O)c1[c]cc(-c2ccc(F)cc2)cc1. The van der Waals surface area contributed by atoms with Crippen LogP contribution in [0.15, 0.2) is 47.4 Å². The van der Waals surface area contributed by atoms with Crippen LogP contribution < -0.4 is 0 Å². The highest BCUT2D eigenvalue weighted by molar-refractivity contribution is 7.90. The molecule has 0 aromatic heterocycles. The van der Waals surface area contributed by atoms with E-state index in [-0.39, 0.29) is 10.7 Å². The van der Waals surface area contributed by atoms with Crippen molar-refractivity contribution in [3.8, 4) is 11.1 Å². The van der Waals surface area contributed by atoms with E-state index in [1.807, 2.05) is 0 Å². The Bertz CT molecular complexity index is 613. The van der Waals surface area contributed by atoms with Crippen molar-refractivity contribution in [3.63, 3.8) is 0 Å². The summed E-state index contributed by atoms with van der Waals surface area (Å²) in [5.74, 6) is -0.300. The molecule has 0 heterocycles. The molecule has 0 atom stereocenters. The van der Waals surface area contributed by atoms with E-state index in [1.54, 1.807) is 24.3 Å². The third kappa shape index (κ3) is 2.71. The second kappa shape index (κ2) is 4.30. The molecule has 2 aromatic carbocycles.